The van der Waals surface area contributed by atoms with Crippen molar-refractivity contribution in [2.75, 3.05) is 6.61 Å². The molecular weight excluding hydrogens is 707 g/mol. The molecule has 278 valence electrons. The fourth-order valence-corrected chi connectivity index (χ4v) is 17.2. The molecule has 1 aliphatic heterocycles. The average molecular weight is 755 g/mol. The van der Waals surface area contributed by atoms with Gasteiger partial charge in [-0.05, 0) is 30.8 Å². The third kappa shape index (κ3) is 7.33. The number of rotatable bonds is 11. The fourth-order valence-electron chi connectivity index (χ4n) is 7.90. The van der Waals surface area contributed by atoms with Crippen molar-refractivity contribution in [3.8, 4) is 0 Å². The fraction of sp³-hybridized carbons (Fsp3) is 0.333. The Kier molecular flexibility index (Phi) is 11.1. The summed E-state index contributed by atoms with van der Waals surface area (Å²) in [4.78, 5) is 27.7. The van der Waals surface area contributed by atoms with Crippen LogP contribution in [0.25, 0.3) is 0 Å². The molecule has 0 spiro atoms. The molecule has 0 amide bonds. The van der Waals surface area contributed by atoms with Crippen molar-refractivity contribution in [3.05, 3.63) is 154 Å². The van der Waals surface area contributed by atoms with Gasteiger partial charge in [-0.15, -0.1) is 0 Å². The lowest BCUT2D eigenvalue weighted by molar-refractivity contribution is -0.0404. The second kappa shape index (κ2) is 15.2. The van der Waals surface area contributed by atoms with Crippen molar-refractivity contribution in [2.45, 2.75) is 82.9 Å². The molecule has 4 aromatic carbocycles. The van der Waals surface area contributed by atoms with Gasteiger partial charge in [-0.3, -0.25) is 14.3 Å². The highest BCUT2D eigenvalue weighted by Crippen LogP contribution is 2.42. The molecule has 7 nitrogen and oxygen atoms in total. The largest absolute Gasteiger partial charge is 0.405 e. The summed E-state index contributed by atoms with van der Waals surface area (Å²) < 4.78 is 50.7. The van der Waals surface area contributed by atoms with Crippen LogP contribution in [-0.4, -0.2) is 45.0 Å². The number of nitrogens with one attached hydrogen (secondary N) is 1. The van der Waals surface area contributed by atoms with Gasteiger partial charge in [0.1, 0.15) is 12.3 Å². The van der Waals surface area contributed by atoms with Crippen LogP contribution < -0.4 is 32.0 Å². The summed E-state index contributed by atoms with van der Waals surface area (Å²) in [5, 5.41) is 3.61. The Morgan fingerprint density at radius 2 is 1.13 bits per heavy atom. The average Bonchev–Trinajstić information content (AvgIpc) is 3.53. The van der Waals surface area contributed by atoms with E-state index in [4.69, 9.17) is 13.6 Å². The molecule has 1 aliphatic rings. The van der Waals surface area contributed by atoms with Crippen molar-refractivity contribution in [3.63, 3.8) is 0 Å². The van der Waals surface area contributed by atoms with Gasteiger partial charge in [0.05, 0.1) is 18.3 Å². The quantitative estimate of drug-likeness (QED) is 0.161. The molecule has 1 aromatic heterocycles. The predicted molar refractivity (Wildman–Crippen MR) is 211 cm³/mol. The lowest BCUT2D eigenvalue weighted by Gasteiger charge is -2.46. The molecule has 1 N–H and O–H groups in total. The van der Waals surface area contributed by atoms with Gasteiger partial charge < -0.3 is 13.6 Å². The minimum atomic E-state index is -3.17. The smallest absolute Gasteiger partial charge is 0.330 e. The van der Waals surface area contributed by atoms with E-state index in [9.17, 15) is 18.4 Å². The van der Waals surface area contributed by atoms with E-state index in [2.05, 4.69) is 95.1 Å². The molecule has 3 atom stereocenters. The normalized spacial score (nSPS) is 18.4. The van der Waals surface area contributed by atoms with E-state index in [1.807, 2.05) is 72.8 Å². The van der Waals surface area contributed by atoms with Gasteiger partial charge in [-0.1, -0.05) is 163 Å². The number of hydrogen-bond donors (Lipinski definition) is 1. The summed E-state index contributed by atoms with van der Waals surface area (Å²) in [5.74, 6) is 0. The van der Waals surface area contributed by atoms with Crippen molar-refractivity contribution in [2.24, 2.45) is 0 Å². The van der Waals surface area contributed by atoms with Crippen molar-refractivity contribution < 1.29 is 22.4 Å². The van der Waals surface area contributed by atoms with Gasteiger partial charge in [0.25, 0.3) is 28.6 Å². The van der Waals surface area contributed by atoms with Crippen LogP contribution in [0, 0.1) is 0 Å². The molecule has 11 heteroatoms. The summed E-state index contributed by atoms with van der Waals surface area (Å²) in [7, 11) is -6.22. The minimum Gasteiger partial charge on any atom is -0.405 e. The van der Waals surface area contributed by atoms with Crippen LogP contribution in [0.3, 0.4) is 0 Å². The van der Waals surface area contributed by atoms with E-state index < -0.39 is 58.3 Å². The first kappa shape index (κ1) is 38.5. The highest BCUT2D eigenvalue weighted by atomic mass is 28.4. The highest BCUT2D eigenvalue weighted by Gasteiger charge is 2.55. The van der Waals surface area contributed by atoms with E-state index in [0.717, 1.165) is 31.5 Å². The molecule has 0 saturated carbocycles. The van der Waals surface area contributed by atoms with E-state index in [1.165, 1.54) is 0 Å². The minimum absolute atomic E-state index is 0.104. The lowest BCUT2D eigenvalue weighted by atomic mass is 10.2. The van der Waals surface area contributed by atoms with Gasteiger partial charge >= 0.3 is 5.69 Å². The van der Waals surface area contributed by atoms with E-state index in [1.54, 1.807) is 0 Å². The summed E-state index contributed by atoms with van der Waals surface area (Å²) in [6.07, 6.45) is -4.34. The summed E-state index contributed by atoms with van der Waals surface area (Å²) in [6, 6.07) is 41.0. The zero-order valence-electron chi connectivity index (χ0n) is 31.1. The topological polar surface area (TPSA) is 82.5 Å². The monoisotopic (exact) mass is 754 g/mol. The molecule has 53 heavy (non-hydrogen) atoms. The van der Waals surface area contributed by atoms with E-state index >= 15 is 0 Å². The second-order valence-electron chi connectivity index (χ2n) is 15.7. The van der Waals surface area contributed by atoms with Gasteiger partial charge in [0.15, 0.2) is 0 Å². The molecule has 1 saturated heterocycles. The summed E-state index contributed by atoms with van der Waals surface area (Å²) in [5.41, 5.74) is -2.75. The Labute approximate surface area is 311 Å². The molecule has 6 rings (SSSR count). The number of H-pyrrole nitrogens is 1. The van der Waals surface area contributed by atoms with Gasteiger partial charge in [-0.25, -0.2) is 13.6 Å². The van der Waals surface area contributed by atoms with Gasteiger partial charge in [0.2, 0.25) is 0 Å². The zero-order valence-corrected chi connectivity index (χ0v) is 33.1. The maximum absolute atomic E-state index is 14.0. The molecule has 1 fully saturated rings. The number of hydrogen-bond acceptors (Lipinski definition) is 5. The number of aromatic amines is 1. The zero-order chi connectivity index (χ0) is 38.0. The molecule has 2 heterocycles. The lowest BCUT2D eigenvalue weighted by Crippen LogP contribution is -2.69. The maximum Gasteiger partial charge on any atom is 0.330 e. The summed E-state index contributed by atoms with van der Waals surface area (Å²) >= 11 is 0. The molecular formula is C42H48F2N2O5Si2. The first-order valence-corrected chi connectivity index (χ1v) is 21.8. The van der Waals surface area contributed by atoms with Gasteiger partial charge in [0, 0.05) is 12.6 Å². The number of alkyl halides is 2. The third-order valence-electron chi connectivity index (χ3n) is 10.3. The van der Waals surface area contributed by atoms with E-state index in [0.29, 0.717) is 0 Å². The molecule has 0 aliphatic carbocycles. The number of aromatic nitrogens is 2. The number of halogens is 2. The molecule has 0 bridgehead atoms. The standard InChI is InChI=1S/C42H48F2N2O5Si2/c1-41(2,3)52(30-19-11-7-12-20-30,31-21-13-8-14-22-31)49-29-36-35(27-37(50-36)46-28-34(38(43)44)39(47)45-40(46)48)51-53(42(4,5)6,32-23-15-9-16-24-32)33-25-17-10-18-26-33/h7-26,28,35-38H,27,29H2,1-6H3,(H,45,47,48)/t35-,36+,37+/m0/s1. The second-order valence-corrected chi connectivity index (χ2v) is 24.3. The Morgan fingerprint density at radius 1 is 0.717 bits per heavy atom. The third-order valence-corrected chi connectivity index (χ3v) is 20.4. The first-order chi connectivity index (χ1) is 25.2. The molecule has 5 aromatic rings. The van der Waals surface area contributed by atoms with Gasteiger partial charge in [-0.2, -0.15) is 0 Å². The Hall–Kier alpha value is -4.27. The number of ether oxygens (including phenoxy) is 1. The van der Waals surface area contributed by atoms with Crippen molar-refractivity contribution >= 4 is 37.4 Å². The molecule has 0 unspecified atom stereocenters. The Bertz CT molecular complexity index is 2000. The van der Waals surface area contributed by atoms with Crippen LogP contribution in [0.5, 0.6) is 0 Å². The van der Waals surface area contributed by atoms with E-state index in [-0.39, 0.29) is 23.1 Å². The van der Waals surface area contributed by atoms with Crippen molar-refractivity contribution in [1.82, 2.24) is 9.55 Å². The first-order valence-electron chi connectivity index (χ1n) is 18.0. The van der Waals surface area contributed by atoms with Crippen LogP contribution in [0.2, 0.25) is 10.1 Å². The molecule has 0 radical (unpaired) electrons. The Morgan fingerprint density at radius 3 is 1.53 bits per heavy atom. The number of benzene rings is 4. The van der Waals surface area contributed by atoms with Crippen LogP contribution >= 0.6 is 0 Å². The van der Waals surface area contributed by atoms with Crippen LogP contribution in [0.4, 0.5) is 8.78 Å². The Balaban J connectivity index is 1.50. The highest BCUT2D eigenvalue weighted by molar-refractivity contribution is 7.00. The van der Waals surface area contributed by atoms with Crippen molar-refractivity contribution in [1.29, 1.82) is 0 Å². The van der Waals surface area contributed by atoms with Crippen LogP contribution in [0.15, 0.2) is 137 Å². The van der Waals surface area contributed by atoms with Crippen LogP contribution in [0.1, 0.15) is 66.2 Å². The summed E-state index contributed by atoms with van der Waals surface area (Å²) in [6.45, 7) is 13.2. The number of nitrogens with zero attached hydrogens (tertiary/aromatic N) is 1. The SMILES string of the molecule is CC(C)(C)[Si](OC[C@H]1O[C@@H](n2cc(C(F)F)c(=O)[nH]c2=O)C[C@@H]1O[Si](c1ccccc1)(c1ccccc1)C(C)(C)C)(c1ccccc1)c1ccccc1. The van der Waals surface area contributed by atoms with Crippen LogP contribution in [-0.2, 0) is 13.6 Å². The predicted octanol–water partition coefficient (Wildman–Crippen LogP) is 6.28. The maximum atomic E-state index is 14.0.